The van der Waals surface area contributed by atoms with E-state index < -0.39 is 6.10 Å². The number of hydrogen-bond acceptors (Lipinski definition) is 3. The largest absolute Gasteiger partial charge is 0.451 e. The number of halogens is 1. The average Bonchev–Trinajstić information content (AvgIpc) is 2.73. The van der Waals surface area contributed by atoms with Crippen molar-refractivity contribution in [1.29, 1.82) is 0 Å². The Kier molecular flexibility index (Phi) is 4.91. The average molecular weight is 310 g/mol. The lowest BCUT2D eigenvalue weighted by molar-refractivity contribution is 0.0875. The summed E-state index contributed by atoms with van der Waals surface area (Å²) < 4.78 is 5.58. The van der Waals surface area contributed by atoms with Crippen LogP contribution in [0.15, 0.2) is 22.6 Å². The fourth-order valence-electron chi connectivity index (χ4n) is 2.33. The van der Waals surface area contributed by atoms with Gasteiger partial charge in [0, 0.05) is 22.5 Å². The normalized spacial score (nSPS) is 12.9. The van der Waals surface area contributed by atoms with Crippen LogP contribution in [-0.2, 0) is 0 Å². The zero-order valence-corrected chi connectivity index (χ0v) is 13.2. The molecule has 114 valence electrons. The number of furan rings is 1. The molecular formula is C16H20ClNO3. The summed E-state index contributed by atoms with van der Waals surface area (Å²) in [5.41, 5.74) is 1.38. The molecule has 1 aromatic carbocycles. The molecule has 0 aliphatic rings. The first kappa shape index (κ1) is 15.9. The number of carbonyl (C=O) groups is 1. The molecule has 1 atom stereocenters. The van der Waals surface area contributed by atoms with Crippen molar-refractivity contribution in [1.82, 2.24) is 5.32 Å². The Morgan fingerprint density at radius 3 is 2.81 bits per heavy atom. The fourth-order valence-corrected chi connectivity index (χ4v) is 2.50. The van der Waals surface area contributed by atoms with Crippen molar-refractivity contribution in [3.63, 3.8) is 0 Å². The Labute approximate surface area is 129 Å². The van der Waals surface area contributed by atoms with Crippen LogP contribution in [0.25, 0.3) is 11.0 Å². The van der Waals surface area contributed by atoms with Gasteiger partial charge in [0.1, 0.15) is 5.58 Å². The van der Waals surface area contributed by atoms with Crippen LogP contribution in [0.3, 0.4) is 0 Å². The number of benzene rings is 1. The maximum Gasteiger partial charge on any atom is 0.287 e. The van der Waals surface area contributed by atoms with Gasteiger partial charge >= 0.3 is 0 Å². The van der Waals surface area contributed by atoms with E-state index in [1.165, 1.54) is 0 Å². The number of carbonyl (C=O) groups excluding carboxylic acids is 1. The Morgan fingerprint density at radius 2 is 2.14 bits per heavy atom. The summed E-state index contributed by atoms with van der Waals surface area (Å²) in [6.07, 6.45) is 0.0997. The Hall–Kier alpha value is -1.52. The number of nitrogens with one attached hydrogen (secondary N) is 1. The van der Waals surface area contributed by atoms with Crippen LogP contribution < -0.4 is 5.32 Å². The highest BCUT2D eigenvalue weighted by molar-refractivity contribution is 6.31. The molecule has 0 aliphatic heterocycles. The Balaban J connectivity index is 2.11. The fraction of sp³-hybridized carbons (Fsp3) is 0.438. The van der Waals surface area contributed by atoms with Gasteiger partial charge in [0.15, 0.2) is 5.76 Å². The van der Waals surface area contributed by atoms with Gasteiger partial charge in [-0.05, 0) is 37.5 Å². The minimum Gasteiger partial charge on any atom is -0.451 e. The molecule has 2 rings (SSSR count). The van der Waals surface area contributed by atoms with Crippen LogP contribution in [0.2, 0.25) is 5.02 Å². The summed E-state index contributed by atoms with van der Waals surface area (Å²) in [6, 6.07) is 5.25. The molecule has 0 saturated heterocycles. The van der Waals surface area contributed by atoms with Crippen LogP contribution in [-0.4, -0.2) is 23.7 Å². The molecular weight excluding hydrogens is 290 g/mol. The number of rotatable bonds is 5. The van der Waals surface area contributed by atoms with Crippen molar-refractivity contribution in [2.75, 3.05) is 6.54 Å². The first-order chi connectivity index (χ1) is 9.88. The van der Waals surface area contributed by atoms with Crippen LogP contribution in [0.4, 0.5) is 0 Å². The van der Waals surface area contributed by atoms with Gasteiger partial charge in [0.25, 0.3) is 5.91 Å². The number of amides is 1. The van der Waals surface area contributed by atoms with Crippen molar-refractivity contribution in [2.24, 2.45) is 5.92 Å². The molecule has 5 heteroatoms. The third-order valence-electron chi connectivity index (χ3n) is 3.35. The van der Waals surface area contributed by atoms with E-state index in [9.17, 15) is 9.90 Å². The van der Waals surface area contributed by atoms with Gasteiger partial charge in [-0.3, -0.25) is 4.79 Å². The van der Waals surface area contributed by atoms with Crippen molar-refractivity contribution in [3.8, 4) is 0 Å². The summed E-state index contributed by atoms with van der Waals surface area (Å²) >= 11 is 5.96. The predicted molar refractivity (Wildman–Crippen MR) is 83.8 cm³/mol. The molecule has 0 saturated carbocycles. The highest BCUT2D eigenvalue weighted by Crippen LogP contribution is 2.27. The van der Waals surface area contributed by atoms with Crippen LogP contribution in [0.1, 0.15) is 36.4 Å². The van der Waals surface area contributed by atoms with E-state index in [1.54, 1.807) is 18.2 Å². The minimum absolute atomic E-state index is 0.217. The maximum atomic E-state index is 12.2. The Bertz CT molecular complexity index is 648. The first-order valence-electron chi connectivity index (χ1n) is 7.03. The number of fused-ring (bicyclic) bond motifs is 1. The van der Waals surface area contributed by atoms with E-state index in [4.69, 9.17) is 16.0 Å². The molecule has 1 amide bonds. The number of aliphatic hydroxyl groups excluding tert-OH is 1. The molecule has 2 aromatic rings. The lowest BCUT2D eigenvalue weighted by Gasteiger charge is -2.13. The second kappa shape index (κ2) is 6.50. The highest BCUT2D eigenvalue weighted by Gasteiger charge is 2.18. The quantitative estimate of drug-likeness (QED) is 0.888. The summed E-state index contributed by atoms with van der Waals surface area (Å²) in [7, 11) is 0. The van der Waals surface area contributed by atoms with Gasteiger partial charge in [-0.1, -0.05) is 25.4 Å². The molecule has 0 bridgehead atoms. The smallest absolute Gasteiger partial charge is 0.287 e. The minimum atomic E-state index is -0.548. The topological polar surface area (TPSA) is 62.5 Å². The zero-order chi connectivity index (χ0) is 15.6. The van der Waals surface area contributed by atoms with Crippen LogP contribution >= 0.6 is 11.6 Å². The number of hydrogen-bond donors (Lipinski definition) is 2. The summed E-state index contributed by atoms with van der Waals surface area (Å²) in [6.45, 7) is 6.09. The third kappa shape index (κ3) is 3.77. The van der Waals surface area contributed by atoms with E-state index >= 15 is 0 Å². The lowest BCUT2D eigenvalue weighted by Crippen LogP contribution is -2.32. The molecule has 4 nitrogen and oxygen atoms in total. The molecule has 0 fully saturated rings. The predicted octanol–water partition coefficient (Wildman–Crippen LogP) is 3.53. The van der Waals surface area contributed by atoms with Crippen molar-refractivity contribution in [2.45, 2.75) is 33.3 Å². The summed E-state index contributed by atoms with van der Waals surface area (Å²) in [4.78, 5) is 12.2. The van der Waals surface area contributed by atoms with Gasteiger partial charge in [-0.25, -0.2) is 0 Å². The van der Waals surface area contributed by atoms with E-state index in [2.05, 4.69) is 5.32 Å². The monoisotopic (exact) mass is 309 g/mol. The van der Waals surface area contributed by atoms with E-state index in [0.717, 1.165) is 10.9 Å². The standard InChI is InChI=1S/C16H20ClNO3/c1-9(2)6-12(19)8-18-16(20)15-10(3)13-7-11(17)4-5-14(13)21-15/h4-5,7,9,12,19H,6,8H2,1-3H3,(H,18,20). The van der Waals surface area contributed by atoms with Gasteiger partial charge in [-0.15, -0.1) is 0 Å². The second-order valence-electron chi connectivity index (χ2n) is 5.69. The van der Waals surface area contributed by atoms with E-state index in [1.807, 2.05) is 20.8 Å². The van der Waals surface area contributed by atoms with Crippen molar-refractivity contribution in [3.05, 3.63) is 34.5 Å². The first-order valence-corrected chi connectivity index (χ1v) is 7.41. The van der Waals surface area contributed by atoms with Crippen LogP contribution in [0.5, 0.6) is 0 Å². The van der Waals surface area contributed by atoms with Gasteiger partial charge in [0.05, 0.1) is 6.10 Å². The molecule has 0 aliphatic carbocycles. The van der Waals surface area contributed by atoms with Gasteiger partial charge in [0.2, 0.25) is 0 Å². The van der Waals surface area contributed by atoms with Gasteiger partial charge in [-0.2, -0.15) is 0 Å². The molecule has 0 spiro atoms. The second-order valence-corrected chi connectivity index (χ2v) is 6.13. The molecule has 1 heterocycles. The van der Waals surface area contributed by atoms with Crippen LogP contribution in [0, 0.1) is 12.8 Å². The summed E-state index contributed by atoms with van der Waals surface area (Å²) in [5, 5.41) is 13.9. The lowest BCUT2D eigenvalue weighted by atomic mass is 10.1. The third-order valence-corrected chi connectivity index (χ3v) is 3.58. The van der Waals surface area contributed by atoms with Crippen molar-refractivity contribution < 1.29 is 14.3 Å². The van der Waals surface area contributed by atoms with Crippen molar-refractivity contribution >= 4 is 28.5 Å². The zero-order valence-electron chi connectivity index (χ0n) is 12.4. The number of aryl methyl sites for hydroxylation is 1. The SMILES string of the molecule is Cc1c(C(=O)NCC(O)CC(C)C)oc2ccc(Cl)cc12. The van der Waals surface area contributed by atoms with E-state index in [-0.39, 0.29) is 18.2 Å². The maximum absolute atomic E-state index is 12.2. The molecule has 21 heavy (non-hydrogen) atoms. The molecule has 1 unspecified atom stereocenters. The van der Waals surface area contributed by atoms with Gasteiger partial charge < -0.3 is 14.8 Å². The van der Waals surface area contributed by atoms with E-state index in [0.29, 0.717) is 22.9 Å². The molecule has 1 aromatic heterocycles. The Morgan fingerprint density at radius 1 is 1.43 bits per heavy atom. The molecule has 0 radical (unpaired) electrons. The highest BCUT2D eigenvalue weighted by atomic mass is 35.5. The summed E-state index contributed by atoms with van der Waals surface area (Å²) in [5.74, 6) is 0.332. The molecule has 2 N–H and O–H groups in total. The number of aliphatic hydroxyl groups is 1.